The predicted octanol–water partition coefficient (Wildman–Crippen LogP) is 6.17. The average molecular weight is 477 g/mol. The van der Waals surface area contributed by atoms with Crippen LogP contribution in [0.5, 0.6) is 0 Å². The molecule has 0 saturated heterocycles. The summed E-state index contributed by atoms with van der Waals surface area (Å²) < 4.78 is 0. The van der Waals surface area contributed by atoms with Crippen LogP contribution in [-0.2, 0) is 28.0 Å². The van der Waals surface area contributed by atoms with Crippen molar-refractivity contribution < 1.29 is 9.59 Å². The second kappa shape index (κ2) is 11.2. The molecule has 0 spiro atoms. The minimum atomic E-state index is -0.652. The van der Waals surface area contributed by atoms with Gasteiger partial charge in [-0.2, -0.15) is 0 Å². The lowest BCUT2D eigenvalue weighted by atomic mass is 9.86. The number of nitrogens with zero attached hydrogens (tertiary/aromatic N) is 1. The fraction of sp³-hybridized carbons (Fsp3) is 0.462. The summed E-state index contributed by atoms with van der Waals surface area (Å²) in [6.45, 7) is 12.2. The van der Waals surface area contributed by atoms with Crippen LogP contribution in [0.15, 0.2) is 42.5 Å². The predicted molar refractivity (Wildman–Crippen MR) is 133 cm³/mol. The molecule has 0 aliphatic rings. The molecule has 0 radical (unpaired) electrons. The fourth-order valence-electron chi connectivity index (χ4n) is 3.41. The van der Waals surface area contributed by atoms with Crippen molar-refractivity contribution >= 4 is 35.0 Å². The molecule has 2 amide bonds. The number of nitrogens with one attached hydrogen (secondary N) is 1. The normalized spacial score (nSPS) is 12.5. The number of amides is 2. The summed E-state index contributed by atoms with van der Waals surface area (Å²) in [4.78, 5) is 27.5. The number of carbonyl (C=O) groups is 2. The second-order valence-electron chi connectivity index (χ2n) is 9.51. The fourth-order valence-corrected chi connectivity index (χ4v) is 3.92. The Kier molecular flexibility index (Phi) is 9.18. The zero-order valence-electron chi connectivity index (χ0n) is 19.8. The van der Waals surface area contributed by atoms with E-state index < -0.39 is 6.04 Å². The Bertz CT molecular complexity index is 914. The number of hydrogen-bond donors (Lipinski definition) is 1. The van der Waals surface area contributed by atoms with E-state index in [4.69, 9.17) is 23.2 Å². The molecular weight excluding hydrogens is 443 g/mol. The van der Waals surface area contributed by atoms with Gasteiger partial charge >= 0.3 is 0 Å². The first-order valence-corrected chi connectivity index (χ1v) is 11.8. The Labute approximate surface area is 202 Å². The Morgan fingerprint density at radius 1 is 0.969 bits per heavy atom. The molecule has 0 fully saturated rings. The molecule has 0 heterocycles. The highest BCUT2D eigenvalue weighted by Crippen LogP contribution is 2.27. The third-order valence-electron chi connectivity index (χ3n) is 5.44. The Balaban J connectivity index is 2.20. The third kappa shape index (κ3) is 7.25. The highest BCUT2D eigenvalue weighted by Gasteiger charge is 2.27. The van der Waals surface area contributed by atoms with Crippen molar-refractivity contribution in [3.8, 4) is 0 Å². The van der Waals surface area contributed by atoms with Crippen molar-refractivity contribution in [2.75, 3.05) is 0 Å². The highest BCUT2D eigenvalue weighted by atomic mass is 35.5. The minimum Gasteiger partial charge on any atom is -0.352 e. The standard InChI is InChI=1S/C26H34Cl2N2O2/c1-17(2)29-25(32)18(3)30(16-21-22(27)8-7-9-23(21)28)24(31)15-12-19-10-13-20(14-11-19)26(4,5)6/h7-11,13-14,17-18H,12,15-16H2,1-6H3,(H,29,32)/t18-/m0/s1. The van der Waals surface area contributed by atoms with Crippen molar-refractivity contribution in [1.29, 1.82) is 0 Å². The molecule has 6 heteroatoms. The van der Waals surface area contributed by atoms with Crippen molar-refractivity contribution in [2.24, 2.45) is 0 Å². The van der Waals surface area contributed by atoms with Gasteiger partial charge in [-0.05, 0) is 55.9 Å². The summed E-state index contributed by atoms with van der Waals surface area (Å²) in [5.74, 6) is -0.321. The minimum absolute atomic E-state index is 0.0212. The van der Waals surface area contributed by atoms with Crippen LogP contribution in [0.3, 0.4) is 0 Å². The first-order chi connectivity index (χ1) is 14.9. The SMILES string of the molecule is CC(C)NC(=O)[C@H](C)N(Cc1c(Cl)cccc1Cl)C(=O)CCc1ccc(C(C)(C)C)cc1. The van der Waals surface area contributed by atoms with Crippen LogP contribution in [0, 0.1) is 0 Å². The van der Waals surface area contributed by atoms with Gasteiger partial charge in [-0.3, -0.25) is 9.59 Å². The van der Waals surface area contributed by atoms with Gasteiger partial charge in [-0.25, -0.2) is 0 Å². The van der Waals surface area contributed by atoms with Gasteiger partial charge in [-0.1, -0.05) is 74.3 Å². The number of aryl methyl sites for hydroxylation is 1. The van der Waals surface area contributed by atoms with Gasteiger partial charge in [0.05, 0.1) is 0 Å². The molecule has 1 N–H and O–H groups in total. The molecule has 32 heavy (non-hydrogen) atoms. The van der Waals surface area contributed by atoms with Crippen LogP contribution >= 0.6 is 23.2 Å². The van der Waals surface area contributed by atoms with E-state index in [-0.39, 0.29) is 36.2 Å². The zero-order chi connectivity index (χ0) is 24.1. The highest BCUT2D eigenvalue weighted by molar-refractivity contribution is 6.36. The van der Waals surface area contributed by atoms with Gasteiger partial charge in [0, 0.05) is 34.6 Å². The first kappa shape index (κ1) is 26.2. The summed E-state index contributed by atoms with van der Waals surface area (Å²) in [5, 5.41) is 3.84. The maximum absolute atomic E-state index is 13.3. The monoisotopic (exact) mass is 476 g/mol. The zero-order valence-corrected chi connectivity index (χ0v) is 21.3. The first-order valence-electron chi connectivity index (χ1n) is 11.0. The Morgan fingerprint density at radius 3 is 2.03 bits per heavy atom. The van der Waals surface area contributed by atoms with Crippen LogP contribution in [0.1, 0.15) is 64.7 Å². The summed E-state index contributed by atoms with van der Waals surface area (Å²) in [7, 11) is 0. The molecule has 2 aromatic carbocycles. The van der Waals surface area contributed by atoms with Gasteiger partial charge in [0.25, 0.3) is 0 Å². The lowest BCUT2D eigenvalue weighted by Gasteiger charge is -2.30. The van der Waals surface area contributed by atoms with Crippen LogP contribution in [0.25, 0.3) is 0 Å². The van der Waals surface area contributed by atoms with E-state index in [1.807, 2.05) is 13.8 Å². The number of halogens is 2. The molecule has 0 unspecified atom stereocenters. The Hall–Kier alpha value is -2.04. The topological polar surface area (TPSA) is 49.4 Å². The number of benzene rings is 2. The number of carbonyl (C=O) groups excluding carboxylic acids is 2. The van der Waals surface area contributed by atoms with E-state index in [1.54, 1.807) is 30.0 Å². The van der Waals surface area contributed by atoms with Crippen LogP contribution in [-0.4, -0.2) is 28.8 Å². The van der Waals surface area contributed by atoms with Crippen LogP contribution in [0.4, 0.5) is 0 Å². The van der Waals surface area contributed by atoms with Crippen molar-refractivity contribution in [1.82, 2.24) is 10.2 Å². The molecule has 0 aromatic heterocycles. The van der Waals surface area contributed by atoms with Gasteiger partial charge in [0.15, 0.2) is 0 Å². The van der Waals surface area contributed by atoms with Crippen LogP contribution in [0.2, 0.25) is 10.0 Å². The maximum Gasteiger partial charge on any atom is 0.242 e. The van der Waals surface area contributed by atoms with Crippen LogP contribution < -0.4 is 5.32 Å². The molecule has 2 rings (SSSR count). The van der Waals surface area contributed by atoms with E-state index in [0.717, 1.165) is 5.56 Å². The number of rotatable bonds is 8. The molecule has 0 saturated carbocycles. The molecular formula is C26H34Cl2N2O2. The lowest BCUT2D eigenvalue weighted by molar-refractivity contribution is -0.140. The van der Waals surface area contributed by atoms with E-state index in [0.29, 0.717) is 22.0 Å². The van der Waals surface area contributed by atoms with E-state index in [2.05, 4.69) is 50.4 Å². The van der Waals surface area contributed by atoms with E-state index in [1.165, 1.54) is 5.56 Å². The summed E-state index contributed by atoms with van der Waals surface area (Å²) >= 11 is 12.7. The summed E-state index contributed by atoms with van der Waals surface area (Å²) in [5.41, 5.74) is 3.06. The van der Waals surface area contributed by atoms with Crippen molar-refractivity contribution in [3.63, 3.8) is 0 Å². The summed E-state index contributed by atoms with van der Waals surface area (Å²) in [6.07, 6.45) is 0.880. The van der Waals surface area contributed by atoms with Gasteiger partial charge < -0.3 is 10.2 Å². The largest absolute Gasteiger partial charge is 0.352 e. The average Bonchev–Trinajstić information content (AvgIpc) is 2.70. The number of hydrogen-bond acceptors (Lipinski definition) is 2. The molecule has 1 atom stereocenters. The van der Waals surface area contributed by atoms with Crippen molar-refractivity contribution in [2.45, 2.75) is 78.4 Å². The lowest BCUT2D eigenvalue weighted by Crippen LogP contribution is -2.49. The van der Waals surface area contributed by atoms with Gasteiger partial charge in [0.2, 0.25) is 11.8 Å². The molecule has 0 aliphatic heterocycles. The second-order valence-corrected chi connectivity index (χ2v) is 10.3. The molecule has 0 aliphatic carbocycles. The van der Waals surface area contributed by atoms with Crippen molar-refractivity contribution in [3.05, 3.63) is 69.2 Å². The van der Waals surface area contributed by atoms with E-state index in [9.17, 15) is 9.59 Å². The third-order valence-corrected chi connectivity index (χ3v) is 6.14. The maximum atomic E-state index is 13.3. The van der Waals surface area contributed by atoms with Gasteiger partial charge in [0.1, 0.15) is 6.04 Å². The quantitative estimate of drug-likeness (QED) is 0.495. The Morgan fingerprint density at radius 2 is 1.53 bits per heavy atom. The molecule has 174 valence electrons. The van der Waals surface area contributed by atoms with E-state index >= 15 is 0 Å². The molecule has 2 aromatic rings. The smallest absolute Gasteiger partial charge is 0.242 e. The molecule has 0 bridgehead atoms. The molecule has 4 nitrogen and oxygen atoms in total. The summed E-state index contributed by atoms with van der Waals surface area (Å²) in [6, 6.07) is 12.9. The van der Waals surface area contributed by atoms with Gasteiger partial charge in [-0.15, -0.1) is 0 Å².